The maximum atomic E-state index is 11.3. The zero-order chi connectivity index (χ0) is 11.3. The highest BCUT2D eigenvalue weighted by atomic mass is 16.4. The van der Waals surface area contributed by atoms with Crippen LogP contribution in [0.15, 0.2) is 0 Å². The predicted molar refractivity (Wildman–Crippen MR) is 56.4 cm³/mol. The third kappa shape index (κ3) is 4.81. The summed E-state index contributed by atoms with van der Waals surface area (Å²) in [6.45, 7) is 1.95. The lowest BCUT2D eigenvalue weighted by Crippen LogP contribution is -2.31. The van der Waals surface area contributed by atoms with E-state index in [9.17, 15) is 9.59 Å². The molecule has 0 aromatic carbocycles. The van der Waals surface area contributed by atoms with Gasteiger partial charge < -0.3 is 10.4 Å². The maximum Gasteiger partial charge on any atom is 0.322 e. The largest absolute Gasteiger partial charge is 0.480 e. The summed E-state index contributed by atoms with van der Waals surface area (Å²) in [6, 6.07) is 0. The number of carboxylic acid groups (broad SMARTS) is 1. The zero-order valence-corrected chi connectivity index (χ0v) is 9.16. The number of nitrogens with one attached hydrogen (secondary N) is 1. The first-order valence-corrected chi connectivity index (χ1v) is 5.56. The second kappa shape index (κ2) is 5.73. The first-order chi connectivity index (χ1) is 7.08. The van der Waals surface area contributed by atoms with Crippen LogP contribution >= 0.6 is 0 Å². The fourth-order valence-electron chi connectivity index (χ4n) is 2.25. The van der Waals surface area contributed by atoms with Crippen LogP contribution < -0.4 is 5.32 Å². The number of aliphatic carboxylic acids is 1. The minimum atomic E-state index is -0.986. The third-order valence-electron chi connectivity index (χ3n) is 2.96. The van der Waals surface area contributed by atoms with E-state index >= 15 is 0 Å². The minimum absolute atomic E-state index is 0.128. The highest BCUT2D eigenvalue weighted by Gasteiger charge is 2.21. The average molecular weight is 213 g/mol. The van der Waals surface area contributed by atoms with Gasteiger partial charge >= 0.3 is 5.97 Å². The van der Waals surface area contributed by atoms with E-state index < -0.39 is 5.97 Å². The molecular weight excluding hydrogens is 194 g/mol. The molecule has 1 fully saturated rings. The lowest BCUT2D eigenvalue weighted by atomic mass is 9.81. The fraction of sp³-hybridized carbons (Fsp3) is 0.818. The van der Waals surface area contributed by atoms with Crippen LogP contribution in [0.2, 0.25) is 0 Å². The Morgan fingerprint density at radius 2 is 2.13 bits per heavy atom. The van der Waals surface area contributed by atoms with Gasteiger partial charge in [-0.25, -0.2) is 0 Å². The van der Waals surface area contributed by atoms with Gasteiger partial charge in [0.1, 0.15) is 6.54 Å². The Hall–Kier alpha value is -1.06. The van der Waals surface area contributed by atoms with Crippen molar-refractivity contribution in [2.45, 2.75) is 39.0 Å². The monoisotopic (exact) mass is 213 g/mol. The Morgan fingerprint density at radius 1 is 1.40 bits per heavy atom. The van der Waals surface area contributed by atoms with E-state index in [2.05, 4.69) is 12.2 Å². The molecule has 0 bridgehead atoms. The van der Waals surface area contributed by atoms with E-state index in [-0.39, 0.29) is 12.5 Å². The van der Waals surface area contributed by atoms with Crippen molar-refractivity contribution in [1.29, 1.82) is 0 Å². The van der Waals surface area contributed by atoms with Gasteiger partial charge in [-0.3, -0.25) is 9.59 Å². The summed E-state index contributed by atoms with van der Waals surface area (Å²) in [5, 5.41) is 10.8. The topological polar surface area (TPSA) is 66.4 Å². The summed E-state index contributed by atoms with van der Waals surface area (Å²) >= 11 is 0. The molecule has 1 aliphatic carbocycles. The molecule has 1 rings (SSSR count). The molecule has 0 radical (unpaired) electrons. The molecular formula is C11H19NO3. The van der Waals surface area contributed by atoms with Crippen molar-refractivity contribution < 1.29 is 14.7 Å². The molecule has 15 heavy (non-hydrogen) atoms. The number of carboxylic acids is 1. The van der Waals surface area contributed by atoms with Crippen molar-refractivity contribution >= 4 is 11.9 Å². The summed E-state index contributed by atoms with van der Waals surface area (Å²) < 4.78 is 0. The van der Waals surface area contributed by atoms with Crippen molar-refractivity contribution in [3.8, 4) is 0 Å². The lowest BCUT2D eigenvalue weighted by Gasteiger charge is -2.26. The highest BCUT2D eigenvalue weighted by Crippen LogP contribution is 2.30. The van der Waals surface area contributed by atoms with Crippen LogP contribution in [0, 0.1) is 11.8 Å². The lowest BCUT2D eigenvalue weighted by molar-refractivity contribution is -0.138. The van der Waals surface area contributed by atoms with E-state index in [0.29, 0.717) is 18.3 Å². The highest BCUT2D eigenvalue weighted by molar-refractivity contribution is 5.81. The van der Waals surface area contributed by atoms with Gasteiger partial charge in [0.15, 0.2) is 0 Å². The van der Waals surface area contributed by atoms with Crippen LogP contribution in [0.1, 0.15) is 39.0 Å². The molecule has 0 aromatic rings. The molecule has 0 saturated heterocycles. The molecule has 1 aliphatic rings. The SMILES string of the molecule is CC1CCCC(CC(=O)NCC(=O)O)C1. The number of carbonyl (C=O) groups is 2. The number of hydrogen-bond donors (Lipinski definition) is 2. The van der Waals surface area contributed by atoms with Gasteiger partial charge in [0.25, 0.3) is 0 Å². The molecule has 1 saturated carbocycles. The van der Waals surface area contributed by atoms with Crippen LogP contribution in [-0.4, -0.2) is 23.5 Å². The number of amides is 1. The molecule has 0 spiro atoms. The molecule has 0 aromatic heterocycles. The number of rotatable bonds is 4. The minimum Gasteiger partial charge on any atom is -0.480 e. The smallest absolute Gasteiger partial charge is 0.322 e. The van der Waals surface area contributed by atoms with Gasteiger partial charge in [0, 0.05) is 6.42 Å². The van der Waals surface area contributed by atoms with E-state index in [4.69, 9.17) is 5.11 Å². The molecule has 4 heteroatoms. The molecule has 0 heterocycles. The van der Waals surface area contributed by atoms with Crippen molar-refractivity contribution in [3.63, 3.8) is 0 Å². The van der Waals surface area contributed by atoms with Gasteiger partial charge in [-0.15, -0.1) is 0 Å². The van der Waals surface area contributed by atoms with Gasteiger partial charge in [-0.2, -0.15) is 0 Å². The molecule has 2 unspecified atom stereocenters. The number of carbonyl (C=O) groups excluding carboxylic acids is 1. The van der Waals surface area contributed by atoms with E-state index in [1.165, 1.54) is 12.8 Å². The maximum absolute atomic E-state index is 11.3. The molecule has 2 atom stereocenters. The summed E-state index contributed by atoms with van der Waals surface area (Å²) in [5.41, 5.74) is 0. The van der Waals surface area contributed by atoms with Crippen molar-refractivity contribution in [2.75, 3.05) is 6.54 Å². The molecule has 2 N–H and O–H groups in total. The quantitative estimate of drug-likeness (QED) is 0.742. The number of hydrogen-bond acceptors (Lipinski definition) is 2. The van der Waals surface area contributed by atoms with Crippen LogP contribution in [-0.2, 0) is 9.59 Å². The Kier molecular flexibility index (Phi) is 4.59. The average Bonchev–Trinajstić information content (AvgIpc) is 2.15. The molecule has 0 aliphatic heterocycles. The fourth-order valence-corrected chi connectivity index (χ4v) is 2.25. The normalized spacial score (nSPS) is 25.9. The molecule has 4 nitrogen and oxygen atoms in total. The Balaban J connectivity index is 2.22. The standard InChI is InChI=1S/C11H19NO3/c1-8-3-2-4-9(5-8)6-10(13)12-7-11(14)15/h8-9H,2-7H2,1H3,(H,12,13)(H,14,15). The van der Waals surface area contributed by atoms with Gasteiger partial charge in [0.05, 0.1) is 0 Å². The summed E-state index contributed by atoms with van der Waals surface area (Å²) in [7, 11) is 0. The molecule has 86 valence electrons. The Morgan fingerprint density at radius 3 is 2.73 bits per heavy atom. The van der Waals surface area contributed by atoms with E-state index in [0.717, 1.165) is 12.8 Å². The van der Waals surface area contributed by atoms with E-state index in [1.807, 2.05) is 0 Å². The summed E-state index contributed by atoms with van der Waals surface area (Å²) in [4.78, 5) is 21.6. The summed E-state index contributed by atoms with van der Waals surface area (Å²) in [6.07, 6.45) is 5.13. The van der Waals surface area contributed by atoms with Crippen LogP contribution in [0.4, 0.5) is 0 Å². The second-order valence-corrected chi connectivity index (χ2v) is 4.51. The van der Waals surface area contributed by atoms with Crippen LogP contribution in [0.5, 0.6) is 0 Å². The predicted octanol–water partition coefficient (Wildman–Crippen LogP) is 1.40. The summed E-state index contributed by atoms with van der Waals surface area (Å²) in [5.74, 6) is 0.0374. The first kappa shape index (κ1) is 12.0. The zero-order valence-electron chi connectivity index (χ0n) is 9.16. The van der Waals surface area contributed by atoms with Gasteiger partial charge in [-0.1, -0.05) is 19.8 Å². The molecule has 1 amide bonds. The van der Waals surface area contributed by atoms with Crippen molar-refractivity contribution in [1.82, 2.24) is 5.32 Å². The Labute approximate surface area is 90.0 Å². The third-order valence-corrected chi connectivity index (χ3v) is 2.96. The second-order valence-electron chi connectivity index (χ2n) is 4.51. The van der Waals surface area contributed by atoms with E-state index in [1.54, 1.807) is 0 Å². The van der Waals surface area contributed by atoms with Gasteiger partial charge in [0.2, 0.25) is 5.91 Å². The van der Waals surface area contributed by atoms with Crippen molar-refractivity contribution in [3.05, 3.63) is 0 Å². The van der Waals surface area contributed by atoms with Crippen LogP contribution in [0.3, 0.4) is 0 Å². The Bertz CT molecular complexity index is 240. The van der Waals surface area contributed by atoms with Crippen molar-refractivity contribution in [2.24, 2.45) is 11.8 Å². The van der Waals surface area contributed by atoms with Crippen LogP contribution in [0.25, 0.3) is 0 Å². The van der Waals surface area contributed by atoms with Gasteiger partial charge in [-0.05, 0) is 24.7 Å². The first-order valence-electron chi connectivity index (χ1n) is 5.56.